The number of carbonyl (C=O) groups is 1. The van der Waals surface area contributed by atoms with Crippen LogP contribution >= 0.6 is 0 Å². The highest BCUT2D eigenvalue weighted by molar-refractivity contribution is 5.73. The fourth-order valence-corrected chi connectivity index (χ4v) is 2.32. The van der Waals surface area contributed by atoms with Gasteiger partial charge in [0, 0.05) is 11.6 Å². The molecule has 0 radical (unpaired) electrons. The third-order valence-corrected chi connectivity index (χ3v) is 3.43. The molecule has 4 heteroatoms. The second kappa shape index (κ2) is 7.61. The zero-order valence-electron chi connectivity index (χ0n) is 12.9. The number of nitrogens with two attached hydrogens (primary N) is 1. The first-order valence-corrected chi connectivity index (χ1v) is 7.30. The first kappa shape index (κ1) is 16.0. The topological polar surface area (TPSA) is 61.5 Å². The molecule has 0 amide bonds. The van der Waals surface area contributed by atoms with E-state index < -0.39 is 6.04 Å². The Balaban J connectivity index is 2.29. The first-order chi connectivity index (χ1) is 10.7. The average molecular weight is 299 g/mol. The van der Waals surface area contributed by atoms with Crippen molar-refractivity contribution >= 4 is 5.97 Å². The summed E-state index contributed by atoms with van der Waals surface area (Å²) in [4.78, 5) is 11.6. The Labute approximate surface area is 130 Å². The van der Waals surface area contributed by atoms with Gasteiger partial charge in [-0.3, -0.25) is 4.79 Å². The van der Waals surface area contributed by atoms with Crippen molar-refractivity contribution in [3.63, 3.8) is 0 Å². The fraction of sp³-hybridized carbons (Fsp3) is 0.278. The quantitative estimate of drug-likeness (QED) is 0.831. The van der Waals surface area contributed by atoms with Crippen molar-refractivity contribution in [2.45, 2.75) is 19.4 Å². The van der Waals surface area contributed by atoms with E-state index in [4.69, 9.17) is 15.2 Å². The fourth-order valence-electron chi connectivity index (χ4n) is 2.32. The molecule has 1 unspecified atom stereocenters. The summed E-state index contributed by atoms with van der Waals surface area (Å²) in [5, 5.41) is 0. The van der Waals surface area contributed by atoms with Gasteiger partial charge in [-0.2, -0.15) is 0 Å². The molecule has 0 bridgehead atoms. The summed E-state index contributed by atoms with van der Waals surface area (Å²) < 4.78 is 10.4. The number of ether oxygens (including phenoxy) is 2. The van der Waals surface area contributed by atoms with Gasteiger partial charge in [0.1, 0.15) is 5.75 Å². The molecule has 2 aromatic carbocycles. The lowest BCUT2D eigenvalue weighted by atomic mass is 9.97. The summed E-state index contributed by atoms with van der Waals surface area (Å²) in [6, 6.07) is 15.3. The lowest BCUT2D eigenvalue weighted by Crippen LogP contribution is -2.17. The van der Waals surface area contributed by atoms with E-state index in [1.54, 1.807) is 14.0 Å². The first-order valence-electron chi connectivity index (χ1n) is 7.30. The monoisotopic (exact) mass is 299 g/mol. The van der Waals surface area contributed by atoms with Crippen molar-refractivity contribution in [1.29, 1.82) is 0 Å². The van der Waals surface area contributed by atoms with Crippen molar-refractivity contribution in [1.82, 2.24) is 0 Å². The second-order valence-corrected chi connectivity index (χ2v) is 4.94. The predicted molar refractivity (Wildman–Crippen MR) is 86.6 cm³/mol. The molecule has 0 aliphatic carbocycles. The van der Waals surface area contributed by atoms with Crippen LogP contribution < -0.4 is 10.5 Å². The predicted octanol–water partition coefficient (Wildman–Crippen LogP) is 3.32. The van der Waals surface area contributed by atoms with Gasteiger partial charge in [-0.05, 0) is 30.2 Å². The normalized spacial score (nSPS) is 11.8. The van der Waals surface area contributed by atoms with Gasteiger partial charge in [0.25, 0.3) is 0 Å². The van der Waals surface area contributed by atoms with Gasteiger partial charge in [0.05, 0.1) is 20.1 Å². The summed E-state index contributed by atoms with van der Waals surface area (Å²) in [5.74, 6) is 0.491. The van der Waals surface area contributed by atoms with E-state index in [1.807, 2.05) is 48.5 Å². The molecule has 0 spiro atoms. The number of methoxy groups -OCH3 is 1. The van der Waals surface area contributed by atoms with Crippen molar-refractivity contribution in [2.75, 3.05) is 13.7 Å². The maximum Gasteiger partial charge on any atom is 0.307 e. The summed E-state index contributed by atoms with van der Waals surface area (Å²) >= 11 is 0. The van der Waals surface area contributed by atoms with Crippen LogP contribution in [-0.4, -0.2) is 19.7 Å². The van der Waals surface area contributed by atoms with E-state index in [0.717, 1.165) is 22.4 Å². The maximum atomic E-state index is 11.6. The molecule has 1 atom stereocenters. The van der Waals surface area contributed by atoms with E-state index in [-0.39, 0.29) is 12.4 Å². The molecule has 0 aliphatic heterocycles. The number of benzene rings is 2. The van der Waals surface area contributed by atoms with Crippen LogP contribution in [0.3, 0.4) is 0 Å². The zero-order chi connectivity index (χ0) is 15.9. The SMILES string of the molecule is CCOC(=O)CC(N)c1ccc(OC)c(-c2ccccc2)c1. The Bertz CT molecular complexity index is 625. The highest BCUT2D eigenvalue weighted by Gasteiger charge is 2.15. The van der Waals surface area contributed by atoms with Crippen molar-refractivity contribution in [2.24, 2.45) is 5.73 Å². The third kappa shape index (κ3) is 3.86. The molecular weight excluding hydrogens is 278 g/mol. The molecule has 0 aliphatic rings. The van der Waals surface area contributed by atoms with E-state index in [9.17, 15) is 4.79 Å². The Morgan fingerprint density at radius 3 is 2.55 bits per heavy atom. The van der Waals surface area contributed by atoms with Gasteiger partial charge in [-0.1, -0.05) is 36.4 Å². The minimum atomic E-state index is -0.396. The van der Waals surface area contributed by atoms with Crippen LogP contribution in [-0.2, 0) is 9.53 Å². The highest BCUT2D eigenvalue weighted by Crippen LogP contribution is 2.32. The third-order valence-electron chi connectivity index (χ3n) is 3.43. The molecule has 2 rings (SSSR count). The van der Waals surface area contributed by atoms with Crippen LogP contribution in [0.2, 0.25) is 0 Å². The lowest BCUT2D eigenvalue weighted by Gasteiger charge is -2.15. The van der Waals surface area contributed by atoms with Crippen LogP contribution in [0.4, 0.5) is 0 Å². The van der Waals surface area contributed by atoms with Gasteiger partial charge in [-0.25, -0.2) is 0 Å². The number of carbonyl (C=O) groups excluding carboxylic acids is 1. The van der Waals surface area contributed by atoms with Crippen molar-refractivity contribution < 1.29 is 14.3 Å². The standard InChI is InChI=1S/C18H21NO3/c1-3-22-18(20)12-16(19)14-9-10-17(21-2)15(11-14)13-7-5-4-6-8-13/h4-11,16H,3,12,19H2,1-2H3. The van der Waals surface area contributed by atoms with E-state index in [1.165, 1.54) is 0 Å². The molecule has 0 aromatic heterocycles. The molecule has 0 saturated heterocycles. The molecule has 2 aromatic rings. The smallest absolute Gasteiger partial charge is 0.307 e. The maximum absolute atomic E-state index is 11.6. The van der Waals surface area contributed by atoms with Gasteiger partial charge in [0.2, 0.25) is 0 Å². The molecule has 0 fully saturated rings. The van der Waals surface area contributed by atoms with E-state index >= 15 is 0 Å². The van der Waals surface area contributed by atoms with E-state index in [2.05, 4.69) is 0 Å². The average Bonchev–Trinajstić information content (AvgIpc) is 2.55. The van der Waals surface area contributed by atoms with Crippen LogP contribution in [0.15, 0.2) is 48.5 Å². The van der Waals surface area contributed by atoms with Crippen LogP contribution in [0.25, 0.3) is 11.1 Å². The van der Waals surface area contributed by atoms with Crippen LogP contribution in [0.1, 0.15) is 24.9 Å². The second-order valence-electron chi connectivity index (χ2n) is 4.94. The zero-order valence-corrected chi connectivity index (χ0v) is 12.9. The number of hydrogen-bond donors (Lipinski definition) is 1. The van der Waals surface area contributed by atoms with E-state index in [0.29, 0.717) is 6.61 Å². The summed E-state index contributed by atoms with van der Waals surface area (Å²) in [6.45, 7) is 2.15. The molecule has 2 N–H and O–H groups in total. The van der Waals surface area contributed by atoms with Gasteiger partial charge in [-0.15, -0.1) is 0 Å². The summed E-state index contributed by atoms with van der Waals surface area (Å²) in [6.07, 6.45) is 0.161. The van der Waals surface area contributed by atoms with Gasteiger partial charge in [0.15, 0.2) is 0 Å². The Kier molecular flexibility index (Phi) is 5.55. The van der Waals surface area contributed by atoms with Gasteiger partial charge < -0.3 is 15.2 Å². The Hall–Kier alpha value is -2.33. The van der Waals surface area contributed by atoms with Crippen molar-refractivity contribution in [3.05, 3.63) is 54.1 Å². The molecule has 0 saturated carbocycles. The molecule has 22 heavy (non-hydrogen) atoms. The highest BCUT2D eigenvalue weighted by atomic mass is 16.5. The number of esters is 1. The Morgan fingerprint density at radius 1 is 1.18 bits per heavy atom. The molecular formula is C18H21NO3. The molecule has 0 heterocycles. The molecule has 116 valence electrons. The van der Waals surface area contributed by atoms with Gasteiger partial charge >= 0.3 is 5.97 Å². The Morgan fingerprint density at radius 2 is 1.91 bits per heavy atom. The lowest BCUT2D eigenvalue weighted by molar-refractivity contribution is -0.143. The minimum Gasteiger partial charge on any atom is -0.496 e. The number of hydrogen-bond acceptors (Lipinski definition) is 4. The summed E-state index contributed by atoms with van der Waals surface area (Å²) in [5.41, 5.74) is 9.01. The molecule has 4 nitrogen and oxygen atoms in total. The van der Waals surface area contributed by atoms with Crippen molar-refractivity contribution in [3.8, 4) is 16.9 Å². The largest absolute Gasteiger partial charge is 0.496 e. The minimum absolute atomic E-state index is 0.161. The summed E-state index contributed by atoms with van der Waals surface area (Å²) in [7, 11) is 1.64. The number of rotatable bonds is 6. The van der Waals surface area contributed by atoms with Crippen LogP contribution in [0.5, 0.6) is 5.75 Å². The van der Waals surface area contributed by atoms with Crippen LogP contribution in [0, 0.1) is 0 Å².